The SMILES string of the molecule is CC(C)c1nc(SCC(=O)N2CCN(Cc3ccc(Cl)cc3)CC2)n[nH]1. The topological polar surface area (TPSA) is 65.1 Å². The maximum Gasteiger partial charge on any atom is 0.233 e. The minimum Gasteiger partial charge on any atom is -0.339 e. The van der Waals surface area contributed by atoms with Gasteiger partial charge in [0.05, 0.1) is 5.75 Å². The number of hydrogen-bond donors (Lipinski definition) is 1. The van der Waals surface area contributed by atoms with Gasteiger partial charge in [-0.3, -0.25) is 14.8 Å². The molecule has 0 spiro atoms. The molecule has 1 aliphatic heterocycles. The first kappa shape index (κ1) is 19.2. The molecular formula is C18H24ClN5OS. The molecule has 1 fully saturated rings. The number of aromatic nitrogens is 3. The van der Waals surface area contributed by atoms with Gasteiger partial charge in [0.25, 0.3) is 0 Å². The third-order valence-electron chi connectivity index (χ3n) is 4.40. The third kappa shape index (κ3) is 5.22. The van der Waals surface area contributed by atoms with Crippen molar-refractivity contribution in [3.63, 3.8) is 0 Å². The maximum atomic E-state index is 12.4. The molecule has 26 heavy (non-hydrogen) atoms. The quantitative estimate of drug-likeness (QED) is 0.764. The highest BCUT2D eigenvalue weighted by molar-refractivity contribution is 7.99. The molecule has 140 valence electrons. The van der Waals surface area contributed by atoms with Gasteiger partial charge in [0.15, 0.2) is 0 Å². The first-order chi connectivity index (χ1) is 12.5. The van der Waals surface area contributed by atoms with Crippen LogP contribution < -0.4 is 0 Å². The summed E-state index contributed by atoms with van der Waals surface area (Å²) in [5.41, 5.74) is 1.25. The van der Waals surface area contributed by atoms with Crippen molar-refractivity contribution in [2.75, 3.05) is 31.9 Å². The van der Waals surface area contributed by atoms with Crippen molar-refractivity contribution in [3.8, 4) is 0 Å². The number of halogens is 1. The number of carbonyl (C=O) groups is 1. The van der Waals surface area contributed by atoms with Crippen LogP contribution in [0.2, 0.25) is 5.02 Å². The largest absolute Gasteiger partial charge is 0.339 e. The monoisotopic (exact) mass is 393 g/mol. The molecule has 0 bridgehead atoms. The normalized spacial score (nSPS) is 15.6. The van der Waals surface area contributed by atoms with Gasteiger partial charge in [-0.25, -0.2) is 4.98 Å². The standard InChI is InChI=1S/C18H24ClN5OS/c1-13(2)17-20-18(22-21-17)26-12-16(25)24-9-7-23(8-10-24)11-14-3-5-15(19)6-4-14/h3-6,13H,7-12H2,1-2H3,(H,20,21,22). The van der Waals surface area contributed by atoms with Gasteiger partial charge in [-0.2, -0.15) is 0 Å². The van der Waals surface area contributed by atoms with Gasteiger partial charge >= 0.3 is 0 Å². The van der Waals surface area contributed by atoms with E-state index in [2.05, 4.69) is 46.1 Å². The second-order valence-electron chi connectivity index (χ2n) is 6.73. The number of hydrogen-bond acceptors (Lipinski definition) is 5. The van der Waals surface area contributed by atoms with Crippen molar-refractivity contribution in [1.29, 1.82) is 0 Å². The van der Waals surface area contributed by atoms with E-state index in [9.17, 15) is 4.79 Å². The number of amides is 1. The maximum absolute atomic E-state index is 12.4. The van der Waals surface area contributed by atoms with Crippen molar-refractivity contribution < 1.29 is 4.79 Å². The number of carbonyl (C=O) groups excluding carboxylic acids is 1. The predicted octanol–water partition coefficient (Wildman–Crippen LogP) is 3.02. The zero-order valence-electron chi connectivity index (χ0n) is 15.1. The summed E-state index contributed by atoms with van der Waals surface area (Å²) in [6.07, 6.45) is 0. The smallest absolute Gasteiger partial charge is 0.233 e. The van der Waals surface area contributed by atoms with E-state index in [1.54, 1.807) is 0 Å². The van der Waals surface area contributed by atoms with Crippen LogP contribution in [-0.4, -0.2) is 62.8 Å². The Morgan fingerprint density at radius 3 is 2.54 bits per heavy atom. The van der Waals surface area contributed by atoms with E-state index in [1.165, 1.54) is 17.3 Å². The van der Waals surface area contributed by atoms with Crippen LogP contribution in [0.15, 0.2) is 29.4 Å². The highest BCUT2D eigenvalue weighted by atomic mass is 35.5. The molecule has 1 aliphatic rings. The lowest BCUT2D eigenvalue weighted by Crippen LogP contribution is -2.48. The molecule has 0 atom stereocenters. The molecule has 1 amide bonds. The van der Waals surface area contributed by atoms with Crippen LogP contribution in [0.4, 0.5) is 0 Å². The van der Waals surface area contributed by atoms with Crippen molar-refractivity contribution in [2.24, 2.45) is 0 Å². The lowest BCUT2D eigenvalue weighted by molar-refractivity contribution is -0.130. The van der Waals surface area contributed by atoms with Gasteiger partial charge in [0, 0.05) is 43.7 Å². The lowest BCUT2D eigenvalue weighted by Gasteiger charge is -2.34. The molecule has 1 aromatic carbocycles. The summed E-state index contributed by atoms with van der Waals surface area (Å²) in [5.74, 6) is 1.70. The number of aromatic amines is 1. The zero-order chi connectivity index (χ0) is 18.5. The van der Waals surface area contributed by atoms with Crippen LogP contribution in [0.25, 0.3) is 0 Å². The fourth-order valence-electron chi connectivity index (χ4n) is 2.80. The van der Waals surface area contributed by atoms with Crippen LogP contribution in [-0.2, 0) is 11.3 Å². The Morgan fingerprint density at radius 2 is 1.92 bits per heavy atom. The molecule has 0 aliphatic carbocycles. The molecule has 1 aromatic heterocycles. The Hall–Kier alpha value is -1.57. The summed E-state index contributed by atoms with van der Waals surface area (Å²) in [4.78, 5) is 21.1. The zero-order valence-corrected chi connectivity index (χ0v) is 16.7. The number of H-pyrrole nitrogens is 1. The number of rotatable bonds is 6. The molecular weight excluding hydrogens is 370 g/mol. The van der Waals surface area contributed by atoms with Gasteiger partial charge < -0.3 is 4.90 Å². The van der Waals surface area contributed by atoms with Crippen molar-refractivity contribution in [3.05, 3.63) is 40.7 Å². The second kappa shape index (κ2) is 8.88. The third-order valence-corrected chi connectivity index (χ3v) is 5.48. The highest BCUT2D eigenvalue weighted by Gasteiger charge is 2.21. The molecule has 0 radical (unpaired) electrons. The first-order valence-electron chi connectivity index (χ1n) is 8.81. The minimum atomic E-state index is 0.150. The van der Waals surface area contributed by atoms with Gasteiger partial charge in [-0.1, -0.05) is 49.3 Å². The summed E-state index contributed by atoms with van der Waals surface area (Å²) in [5, 5.41) is 8.48. The molecule has 0 unspecified atom stereocenters. The number of thioether (sulfide) groups is 1. The second-order valence-corrected chi connectivity index (χ2v) is 8.11. The van der Waals surface area contributed by atoms with Crippen LogP contribution in [0.5, 0.6) is 0 Å². The number of benzene rings is 1. The van der Waals surface area contributed by atoms with E-state index < -0.39 is 0 Å². The Kier molecular flexibility index (Phi) is 6.56. The summed E-state index contributed by atoms with van der Waals surface area (Å²) < 4.78 is 0. The molecule has 1 saturated heterocycles. The molecule has 0 saturated carbocycles. The van der Waals surface area contributed by atoms with Crippen LogP contribution in [0, 0.1) is 0 Å². The fourth-order valence-corrected chi connectivity index (χ4v) is 3.64. The lowest BCUT2D eigenvalue weighted by atomic mass is 10.2. The average molecular weight is 394 g/mol. The fraction of sp³-hybridized carbons (Fsp3) is 0.500. The van der Waals surface area contributed by atoms with E-state index in [0.717, 1.165) is 43.6 Å². The van der Waals surface area contributed by atoms with Crippen LogP contribution in [0.1, 0.15) is 31.2 Å². The summed E-state index contributed by atoms with van der Waals surface area (Å²) in [6, 6.07) is 7.95. The van der Waals surface area contributed by atoms with Gasteiger partial charge in [0.2, 0.25) is 11.1 Å². The summed E-state index contributed by atoms with van der Waals surface area (Å²) >= 11 is 7.32. The Bertz CT molecular complexity index is 725. The first-order valence-corrected chi connectivity index (χ1v) is 10.2. The Labute approximate surface area is 163 Å². The predicted molar refractivity (Wildman–Crippen MR) is 105 cm³/mol. The summed E-state index contributed by atoms with van der Waals surface area (Å²) in [6.45, 7) is 8.31. The Morgan fingerprint density at radius 1 is 1.23 bits per heavy atom. The average Bonchev–Trinajstić information content (AvgIpc) is 3.12. The summed E-state index contributed by atoms with van der Waals surface area (Å²) in [7, 11) is 0. The molecule has 1 N–H and O–H groups in total. The van der Waals surface area contributed by atoms with E-state index >= 15 is 0 Å². The van der Waals surface area contributed by atoms with E-state index in [1.807, 2.05) is 17.0 Å². The van der Waals surface area contributed by atoms with Gasteiger partial charge in [-0.15, -0.1) is 5.10 Å². The van der Waals surface area contributed by atoms with Gasteiger partial charge in [-0.05, 0) is 17.7 Å². The molecule has 3 rings (SSSR count). The van der Waals surface area contributed by atoms with Crippen molar-refractivity contribution in [2.45, 2.75) is 31.5 Å². The van der Waals surface area contributed by atoms with Crippen LogP contribution in [0.3, 0.4) is 0 Å². The molecule has 2 aromatic rings. The van der Waals surface area contributed by atoms with E-state index in [0.29, 0.717) is 16.8 Å². The van der Waals surface area contributed by atoms with Crippen molar-refractivity contribution >= 4 is 29.3 Å². The van der Waals surface area contributed by atoms with E-state index in [4.69, 9.17) is 11.6 Å². The molecule has 2 heterocycles. The van der Waals surface area contributed by atoms with Crippen molar-refractivity contribution in [1.82, 2.24) is 25.0 Å². The number of nitrogens with zero attached hydrogens (tertiary/aromatic N) is 4. The Balaban J connectivity index is 1.42. The molecule has 6 nitrogen and oxygen atoms in total. The van der Waals surface area contributed by atoms with Gasteiger partial charge in [0.1, 0.15) is 5.82 Å². The molecule has 8 heteroatoms. The van der Waals surface area contributed by atoms with E-state index in [-0.39, 0.29) is 5.91 Å². The highest BCUT2D eigenvalue weighted by Crippen LogP contribution is 2.17. The number of nitrogens with one attached hydrogen (secondary N) is 1. The minimum absolute atomic E-state index is 0.150. The number of piperazine rings is 1. The van der Waals surface area contributed by atoms with Crippen LogP contribution >= 0.6 is 23.4 Å².